The summed E-state index contributed by atoms with van der Waals surface area (Å²) in [5, 5.41) is 10.3. The van der Waals surface area contributed by atoms with Gasteiger partial charge >= 0.3 is 5.97 Å². The van der Waals surface area contributed by atoms with Crippen LogP contribution in [0.15, 0.2) is 24.3 Å². The summed E-state index contributed by atoms with van der Waals surface area (Å²) in [6.45, 7) is 0. The van der Waals surface area contributed by atoms with Crippen molar-refractivity contribution >= 4 is 27.4 Å². The number of nitrogens with one attached hydrogen (secondary N) is 1. The molecule has 1 heterocycles. The molecule has 1 unspecified atom stereocenters. The lowest BCUT2D eigenvalue weighted by atomic mass is 10.1. The van der Waals surface area contributed by atoms with Crippen LogP contribution in [0.2, 0.25) is 0 Å². The summed E-state index contributed by atoms with van der Waals surface area (Å²) in [4.78, 5) is 22.9. The van der Waals surface area contributed by atoms with Gasteiger partial charge in [0.2, 0.25) is 5.91 Å². The molecule has 0 bridgehead atoms. The van der Waals surface area contributed by atoms with E-state index in [2.05, 4.69) is 5.32 Å². The van der Waals surface area contributed by atoms with E-state index in [1.165, 1.54) is 24.3 Å². The third kappa shape index (κ3) is 3.16. The van der Waals surface area contributed by atoms with Crippen LogP contribution < -0.4 is 5.32 Å². The monoisotopic (exact) mass is 297 g/mol. The Labute approximate surface area is 116 Å². The first kappa shape index (κ1) is 14.5. The molecule has 1 aliphatic rings. The molecule has 6 nitrogen and oxygen atoms in total. The number of amides is 1. The summed E-state index contributed by atoms with van der Waals surface area (Å²) in [6, 6.07) is 5.72. The SMILES string of the molecule is O=C(O)c1cccc(NC(=O)C2CCCCS2(=O)=O)c1. The Morgan fingerprint density at radius 2 is 2.00 bits per heavy atom. The Bertz CT molecular complexity index is 638. The highest BCUT2D eigenvalue weighted by atomic mass is 32.2. The van der Waals surface area contributed by atoms with Crippen LogP contribution in [0.5, 0.6) is 0 Å². The van der Waals surface area contributed by atoms with Crippen molar-refractivity contribution in [3.63, 3.8) is 0 Å². The molecule has 1 aromatic carbocycles. The smallest absolute Gasteiger partial charge is 0.335 e. The van der Waals surface area contributed by atoms with Crippen molar-refractivity contribution in [2.45, 2.75) is 24.5 Å². The Morgan fingerprint density at radius 3 is 2.65 bits per heavy atom. The molecule has 0 saturated carbocycles. The van der Waals surface area contributed by atoms with Crippen molar-refractivity contribution in [1.29, 1.82) is 0 Å². The van der Waals surface area contributed by atoms with Crippen LogP contribution in [0.3, 0.4) is 0 Å². The molecular formula is C13H15NO5S. The average molecular weight is 297 g/mol. The number of carboxylic acids is 1. The maximum absolute atomic E-state index is 12.0. The lowest BCUT2D eigenvalue weighted by molar-refractivity contribution is -0.116. The maximum Gasteiger partial charge on any atom is 0.335 e. The molecule has 7 heteroatoms. The van der Waals surface area contributed by atoms with Crippen LogP contribution in [-0.2, 0) is 14.6 Å². The molecule has 20 heavy (non-hydrogen) atoms. The van der Waals surface area contributed by atoms with Crippen molar-refractivity contribution in [3.8, 4) is 0 Å². The second kappa shape index (κ2) is 5.62. The third-order valence-electron chi connectivity index (χ3n) is 3.25. The molecule has 0 radical (unpaired) electrons. The molecular weight excluding hydrogens is 282 g/mol. The fourth-order valence-corrected chi connectivity index (χ4v) is 4.00. The van der Waals surface area contributed by atoms with Gasteiger partial charge in [-0.15, -0.1) is 0 Å². The highest BCUT2D eigenvalue weighted by Crippen LogP contribution is 2.21. The molecule has 2 rings (SSSR count). The molecule has 0 spiro atoms. The van der Waals surface area contributed by atoms with Gasteiger partial charge in [0.25, 0.3) is 0 Å². The first-order chi connectivity index (χ1) is 9.40. The van der Waals surface area contributed by atoms with E-state index in [1.54, 1.807) is 0 Å². The molecule has 108 valence electrons. The minimum atomic E-state index is -3.40. The number of carboxylic acid groups (broad SMARTS) is 1. The molecule has 1 saturated heterocycles. The van der Waals surface area contributed by atoms with Gasteiger partial charge in [-0.05, 0) is 31.0 Å². The van der Waals surface area contributed by atoms with E-state index in [4.69, 9.17) is 5.11 Å². The second-order valence-electron chi connectivity index (χ2n) is 4.73. The summed E-state index contributed by atoms with van der Waals surface area (Å²) in [7, 11) is -3.40. The number of aromatic carboxylic acids is 1. The molecule has 2 N–H and O–H groups in total. The first-order valence-electron chi connectivity index (χ1n) is 6.26. The van der Waals surface area contributed by atoms with Gasteiger partial charge in [0.05, 0.1) is 11.3 Å². The van der Waals surface area contributed by atoms with Crippen molar-refractivity contribution < 1.29 is 23.1 Å². The quantitative estimate of drug-likeness (QED) is 0.875. The Morgan fingerprint density at radius 1 is 1.25 bits per heavy atom. The third-order valence-corrected chi connectivity index (χ3v) is 5.42. The minimum Gasteiger partial charge on any atom is -0.478 e. The number of carbonyl (C=O) groups is 2. The summed E-state index contributed by atoms with van der Waals surface area (Å²) >= 11 is 0. The Kier molecular flexibility index (Phi) is 4.08. The Balaban J connectivity index is 2.15. The van der Waals surface area contributed by atoms with Gasteiger partial charge in [0, 0.05) is 5.69 Å². The maximum atomic E-state index is 12.0. The van der Waals surface area contributed by atoms with Crippen LogP contribution >= 0.6 is 0 Å². The molecule has 1 aromatic rings. The van der Waals surface area contributed by atoms with E-state index in [1.807, 2.05) is 0 Å². The van der Waals surface area contributed by atoms with Crippen LogP contribution in [0, 0.1) is 0 Å². The van der Waals surface area contributed by atoms with Gasteiger partial charge in [-0.3, -0.25) is 4.79 Å². The lowest BCUT2D eigenvalue weighted by Gasteiger charge is -2.21. The number of benzene rings is 1. The zero-order valence-corrected chi connectivity index (χ0v) is 11.5. The molecule has 1 fully saturated rings. The summed E-state index contributed by atoms with van der Waals surface area (Å²) in [6.07, 6.45) is 1.60. The second-order valence-corrected chi connectivity index (χ2v) is 7.03. The Hall–Kier alpha value is -1.89. The summed E-state index contributed by atoms with van der Waals surface area (Å²) < 4.78 is 23.7. The van der Waals surface area contributed by atoms with Crippen molar-refractivity contribution in [3.05, 3.63) is 29.8 Å². The van der Waals surface area contributed by atoms with Gasteiger partial charge in [0.15, 0.2) is 9.84 Å². The van der Waals surface area contributed by atoms with Crippen molar-refractivity contribution in [2.24, 2.45) is 0 Å². The highest BCUT2D eigenvalue weighted by molar-refractivity contribution is 7.92. The number of anilines is 1. The number of rotatable bonds is 3. The van der Waals surface area contributed by atoms with E-state index in [-0.39, 0.29) is 17.0 Å². The number of hydrogen-bond donors (Lipinski definition) is 2. The summed E-state index contributed by atoms with van der Waals surface area (Å²) in [5.74, 6) is -1.67. The predicted octanol–water partition coefficient (Wildman–Crippen LogP) is 1.29. The normalized spacial score (nSPS) is 21.1. The van der Waals surface area contributed by atoms with Crippen LogP contribution in [-0.4, -0.2) is 36.4 Å². The molecule has 1 aliphatic heterocycles. The van der Waals surface area contributed by atoms with E-state index in [0.717, 1.165) is 0 Å². The number of sulfone groups is 1. The topological polar surface area (TPSA) is 101 Å². The van der Waals surface area contributed by atoms with E-state index >= 15 is 0 Å². The van der Waals surface area contributed by atoms with E-state index in [9.17, 15) is 18.0 Å². The summed E-state index contributed by atoms with van der Waals surface area (Å²) in [5.41, 5.74) is 0.324. The van der Waals surface area contributed by atoms with Crippen LogP contribution in [0.25, 0.3) is 0 Å². The van der Waals surface area contributed by atoms with Crippen molar-refractivity contribution in [2.75, 3.05) is 11.1 Å². The highest BCUT2D eigenvalue weighted by Gasteiger charge is 2.34. The fourth-order valence-electron chi connectivity index (χ4n) is 2.20. The van der Waals surface area contributed by atoms with Gasteiger partial charge in [0.1, 0.15) is 5.25 Å². The fraction of sp³-hybridized carbons (Fsp3) is 0.385. The van der Waals surface area contributed by atoms with Gasteiger partial charge in [-0.1, -0.05) is 12.5 Å². The minimum absolute atomic E-state index is 0.0280. The largest absolute Gasteiger partial charge is 0.478 e. The van der Waals surface area contributed by atoms with Crippen molar-refractivity contribution in [1.82, 2.24) is 0 Å². The van der Waals surface area contributed by atoms with Crippen LogP contribution in [0.1, 0.15) is 29.6 Å². The van der Waals surface area contributed by atoms with Gasteiger partial charge < -0.3 is 10.4 Å². The van der Waals surface area contributed by atoms with Gasteiger partial charge in [-0.2, -0.15) is 0 Å². The predicted molar refractivity (Wildman–Crippen MR) is 73.5 cm³/mol. The van der Waals surface area contributed by atoms with Crippen LogP contribution in [0.4, 0.5) is 5.69 Å². The average Bonchev–Trinajstić information content (AvgIpc) is 2.38. The zero-order chi connectivity index (χ0) is 14.8. The number of hydrogen-bond acceptors (Lipinski definition) is 4. The molecule has 1 amide bonds. The van der Waals surface area contributed by atoms with E-state index in [0.29, 0.717) is 19.3 Å². The molecule has 0 aromatic heterocycles. The standard InChI is InChI=1S/C13H15NO5S/c15-12(11-6-1-2-7-20(11,18)19)14-10-5-3-4-9(8-10)13(16)17/h3-5,8,11H,1-2,6-7H2,(H,14,15)(H,16,17). The van der Waals surface area contributed by atoms with E-state index < -0.39 is 27.0 Å². The lowest BCUT2D eigenvalue weighted by Crippen LogP contribution is -2.39. The number of carbonyl (C=O) groups excluding carboxylic acids is 1. The molecule has 0 aliphatic carbocycles. The first-order valence-corrected chi connectivity index (χ1v) is 7.97. The van der Waals surface area contributed by atoms with Gasteiger partial charge in [-0.25, -0.2) is 13.2 Å². The zero-order valence-electron chi connectivity index (χ0n) is 10.7. The molecule has 1 atom stereocenters.